The van der Waals surface area contributed by atoms with Gasteiger partial charge >= 0.3 is 0 Å². The van der Waals surface area contributed by atoms with Crippen molar-refractivity contribution in [1.29, 1.82) is 0 Å². The highest BCUT2D eigenvalue weighted by molar-refractivity contribution is 5.76. The molecule has 156 valence electrons. The van der Waals surface area contributed by atoms with Crippen LogP contribution in [0.2, 0.25) is 0 Å². The van der Waals surface area contributed by atoms with Crippen LogP contribution in [0.4, 0.5) is 0 Å². The zero-order valence-electron chi connectivity index (χ0n) is 17.2. The SMILES string of the molecule is COCC1CN(C(=O)CCCc2ccccc2)CC1c1nnc(-c2ccccc2)o1. The van der Waals surface area contributed by atoms with Gasteiger partial charge in [-0.25, -0.2) is 0 Å². The van der Waals surface area contributed by atoms with Crippen LogP contribution < -0.4 is 0 Å². The number of likely N-dealkylation sites (tertiary alicyclic amines) is 1. The number of benzene rings is 2. The monoisotopic (exact) mass is 405 g/mol. The lowest BCUT2D eigenvalue weighted by Gasteiger charge is -2.16. The van der Waals surface area contributed by atoms with Gasteiger partial charge in [0.15, 0.2) is 0 Å². The number of hydrogen-bond acceptors (Lipinski definition) is 5. The Hall–Kier alpha value is -2.99. The molecule has 0 aliphatic carbocycles. The molecule has 1 saturated heterocycles. The Bertz CT molecular complexity index is 943. The van der Waals surface area contributed by atoms with Crippen molar-refractivity contribution < 1.29 is 13.9 Å². The predicted octanol–water partition coefficient (Wildman–Crippen LogP) is 3.95. The fraction of sp³-hybridized carbons (Fsp3) is 0.375. The highest BCUT2D eigenvalue weighted by Crippen LogP contribution is 2.34. The summed E-state index contributed by atoms with van der Waals surface area (Å²) in [5.41, 5.74) is 2.16. The van der Waals surface area contributed by atoms with Crippen LogP contribution in [0.25, 0.3) is 11.5 Å². The van der Waals surface area contributed by atoms with Crippen molar-refractivity contribution in [2.24, 2.45) is 5.92 Å². The maximum atomic E-state index is 12.8. The van der Waals surface area contributed by atoms with E-state index in [0.29, 0.717) is 37.9 Å². The third-order valence-electron chi connectivity index (χ3n) is 5.65. The molecule has 2 aromatic carbocycles. The Morgan fingerprint density at radius 1 is 1.07 bits per heavy atom. The second kappa shape index (κ2) is 9.67. The van der Waals surface area contributed by atoms with Gasteiger partial charge in [0.2, 0.25) is 17.7 Å². The Morgan fingerprint density at radius 2 is 1.80 bits per heavy atom. The highest BCUT2D eigenvalue weighted by Gasteiger charge is 2.39. The van der Waals surface area contributed by atoms with Crippen LogP contribution in [0.3, 0.4) is 0 Å². The van der Waals surface area contributed by atoms with Crippen molar-refractivity contribution in [2.45, 2.75) is 25.2 Å². The van der Waals surface area contributed by atoms with Crippen molar-refractivity contribution >= 4 is 5.91 Å². The van der Waals surface area contributed by atoms with E-state index in [-0.39, 0.29) is 17.7 Å². The van der Waals surface area contributed by atoms with Crippen LogP contribution in [-0.2, 0) is 16.0 Å². The molecule has 0 spiro atoms. The van der Waals surface area contributed by atoms with E-state index in [0.717, 1.165) is 18.4 Å². The zero-order valence-corrected chi connectivity index (χ0v) is 17.2. The van der Waals surface area contributed by atoms with Crippen molar-refractivity contribution in [1.82, 2.24) is 15.1 Å². The molecule has 1 amide bonds. The second-order valence-electron chi connectivity index (χ2n) is 7.77. The first-order chi connectivity index (χ1) is 14.7. The molecule has 2 atom stereocenters. The molecule has 1 aromatic heterocycles. The van der Waals surface area contributed by atoms with Crippen LogP contribution in [0.15, 0.2) is 65.1 Å². The number of methoxy groups -OCH3 is 1. The van der Waals surface area contributed by atoms with Gasteiger partial charge in [0.05, 0.1) is 12.5 Å². The number of hydrogen-bond donors (Lipinski definition) is 0. The normalized spacial score (nSPS) is 18.6. The van der Waals surface area contributed by atoms with Crippen LogP contribution in [0.1, 0.15) is 30.2 Å². The Labute approximate surface area is 176 Å². The molecule has 1 aliphatic heterocycles. The third-order valence-corrected chi connectivity index (χ3v) is 5.65. The number of amides is 1. The van der Waals surface area contributed by atoms with Crippen molar-refractivity contribution in [3.63, 3.8) is 0 Å². The maximum absolute atomic E-state index is 12.8. The number of carbonyl (C=O) groups is 1. The second-order valence-corrected chi connectivity index (χ2v) is 7.77. The summed E-state index contributed by atoms with van der Waals surface area (Å²) in [6.45, 7) is 1.81. The number of nitrogens with zero attached hydrogens (tertiary/aromatic N) is 3. The highest BCUT2D eigenvalue weighted by atomic mass is 16.5. The van der Waals surface area contributed by atoms with E-state index in [9.17, 15) is 4.79 Å². The van der Waals surface area contributed by atoms with Crippen LogP contribution in [0, 0.1) is 5.92 Å². The molecule has 0 radical (unpaired) electrons. The summed E-state index contributed by atoms with van der Waals surface area (Å²) >= 11 is 0. The quantitative estimate of drug-likeness (QED) is 0.568. The Kier molecular flexibility index (Phi) is 6.54. The lowest BCUT2D eigenvalue weighted by molar-refractivity contribution is -0.130. The minimum absolute atomic E-state index is 0.00649. The molecule has 6 nitrogen and oxygen atoms in total. The van der Waals surface area contributed by atoms with E-state index in [1.165, 1.54) is 5.56 Å². The van der Waals surface area contributed by atoms with Gasteiger partial charge in [-0.3, -0.25) is 4.79 Å². The molecule has 1 fully saturated rings. The van der Waals surface area contributed by atoms with Gasteiger partial charge in [-0.1, -0.05) is 48.5 Å². The molecule has 6 heteroatoms. The van der Waals surface area contributed by atoms with E-state index >= 15 is 0 Å². The summed E-state index contributed by atoms with van der Waals surface area (Å²) in [6.07, 6.45) is 2.30. The Morgan fingerprint density at radius 3 is 2.53 bits per heavy atom. The molecular formula is C24H27N3O3. The van der Waals surface area contributed by atoms with Crippen molar-refractivity contribution in [2.75, 3.05) is 26.8 Å². The van der Waals surface area contributed by atoms with Gasteiger partial charge in [0.25, 0.3) is 0 Å². The topological polar surface area (TPSA) is 68.5 Å². The summed E-state index contributed by atoms with van der Waals surface area (Å²) in [7, 11) is 1.69. The maximum Gasteiger partial charge on any atom is 0.247 e. The summed E-state index contributed by atoms with van der Waals surface area (Å²) in [5.74, 6) is 1.41. The largest absolute Gasteiger partial charge is 0.420 e. The van der Waals surface area contributed by atoms with E-state index in [2.05, 4.69) is 22.3 Å². The summed E-state index contributed by atoms with van der Waals surface area (Å²) in [4.78, 5) is 14.7. The minimum atomic E-state index is -0.00649. The van der Waals surface area contributed by atoms with Crippen molar-refractivity contribution in [3.05, 3.63) is 72.1 Å². The van der Waals surface area contributed by atoms with E-state index in [1.54, 1.807) is 7.11 Å². The predicted molar refractivity (Wildman–Crippen MR) is 114 cm³/mol. The van der Waals surface area contributed by atoms with E-state index < -0.39 is 0 Å². The number of ether oxygens (including phenoxy) is 1. The molecule has 0 bridgehead atoms. The molecule has 30 heavy (non-hydrogen) atoms. The van der Waals surface area contributed by atoms with Gasteiger partial charge in [-0.05, 0) is 30.5 Å². The number of rotatable bonds is 8. The average molecular weight is 405 g/mol. The van der Waals surface area contributed by atoms with Crippen LogP contribution >= 0.6 is 0 Å². The summed E-state index contributed by atoms with van der Waals surface area (Å²) < 4.78 is 11.4. The summed E-state index contributed by atoms with van der Waals surface area (Å²) in [6, 6.07) is 20.0. The van der Waals surface area contributed by atoms with E-state index in [4.69, 9.17) is 9.15 Å². The fourth-order valence-electron chi connectivity index (χ4n) is 4.07. The first-order valence-corrected chi connectivity index (χ1v) is 10.4. The fourth-order valence-corrected chi connectivity index (χ4v) is 4.07. The minimum Gasteiger partial charge on any atom is -0.420 e. The Balaban J connectivity index is 1.39. The van der Waals surface area contributed by atoms with Gasteiger partial charge in [0, 0.05) is 38.1 Å². The molecule has 2 heterocycles. The molecule has 1 aliphatic rings. The smallest absolute Gasteiger partial charge is 0.247 e. The molecule has 2 unspecified atom stereocenters. The molecule has 3 aromatic rings. The molecular weight excluding hydrogens is 378 g/mol. The number of aryl methyl sites for hydroxylation is 1. The molecule has 4 rings (SSSR count). The van der Waals surface area contributed by atoms with Crippen molar-refractivity contribution in [3.8, 4) is 11.5 Å². The first kappa shape index (κ1) is 20.3. The van der Waals surface area contributed by atoms with Gasteiger partial charge in [-0.2, -0.15) is 0 Å². The lowest BCUT2D eigenvalue weighted by Crippen LogP contribution is -2.29. The van der Waals surface area contributed by atoms with E-state index in [1.807, 2.05) is 53.4 Å². The van der Waals surface area contributed by atoms with Crippen LogP contribution in [0.5, 0.6) is 0 Å². The molecule has 0 saturated carbocycles. The average Bonchev–Trinajstić information content (AvgIpc) is 3.43. The lowest BCUT2D eigenvalue weighted by atomic mass is 9.97. The third kappa shape index (κ3) is 4.76. The van der Waals surface area contributed by atoms with Gasteiger partial charge in [-0.15, -0.1) is 10.2 Å². The molecule has 0 N–H and O–H groups in total. The van der Waals surface area contributed by atoms with Gasteiger partial charge in [0.1, 0.15) is 0 Å². The van der Waals surface area contributed by atoms with Gasteiger partial charge < -0.3 is 14.1 Å². The summed E-state index contributed by atoms with van der Waals surface area (Å²) in [5, 5.41) is 8.51. The van der Waals surface area contributed by atoms with Crippen LogP contribution in [-0.4, -0.2) is 47.8 Å². The number of carbonyl (C=O) groups excluding carboxylic acids is 1. The first-order valence-electron chi connectivity index (χ1n) is 10.4. The standard InChI is InChI=1S/C24H27N3O3/c1-29-17-20-15-27(22(28)14-8-11-18-9-4-2-5-10-18)16-21(20)24-26-25-23(30-24)19-12-6-3-7-13-19/h2-7,9-10,12-13,20-21H,8,11,14-17H2,1H3. The zero-order chi connectivity index (χ0) is 20.8. The number of aromatic nitrogens is 2.